The summed E-state index contributed by atoms with van der Waals surface area (Å²) in [6.45, 7) is 5.38. The highest BCUT2D eigenvalue weighted by Crippen LogP contribution is 2.14. The van der Waals surface area contributed by atoms with Gasteiger partial charge >= 0.3 is 0 Å². The Morgan fingerprint density at radius 1 is 0.944 bits per heavy atom. The number of carbonyl (C=O) groups is 1. The van der Waals surface area contributed by atoms with Crippen molar-refractivity contribution in [2.24, 2.45) is 11.5 Å². The van der Waals surface area contributed by atoms with E-state index >= 15 is 0 Å². The van der Waals surface area contributed by atoms with Gasteiger partial charge < -0.3 is 22.1 Å². The number of nitrogens with one attached hydrogen (secondary N) is 2. The summed E-state index contributed by atoms with van der Waals surface area (Å²) in [5.41, 5.74) is 11.8. The largest absolute Gasteiger partial charge is 0.376 e. The maximum absolute atomic E-state index is 11.9. The second kappa shape index (κ2) is 8.11. The molecule has 0 aromatic rings. The summed E-state index contributed by atoms with van der Waals surface area (Å²) in [7, 11) is 0. The molecule has 5 heteroatoms. The first kappa shape index (κ1) is 15.0. The van der Waals surface area contributed by atoms with Crippen LogP contribution in [0.15, 0.2) is 12.3 Å². The minimum atomic E-state index is -0.144. The van der Waals surface area contributed by atoms with Crippen LogP contribution in [0.25, 0.3) is 0 Å². The van der Waals surface area contributed by atoms with Gasteiger partial charge in [0.2, 0.25) is 5.91 Å². The predicted molar refractivity (Wildman–Crippen MR) is 73.8 cm³/mol. The van der Waals surface area contributed by atoms with Crippen LogP contribution in [0.3, 0.4) is 0 Å². The van der Waals surface area contributed by atoms with Crippen molar-refractivity contribution in [3.63, 3.8) is 0 Å². The third kappa shape index (κ3) is 4.66. The summed E-state index contributed by atoms with van der Waals surface area (Å²) in [5, 5.41) is 6.25. The van der Waals surface area contributed by atoms with Crippen LogP contribution in [0, 0.1) is 0 Å². The summed E-state index contributed by atoms with van der Waals surface area (Å²) in [4.78, 5) is 11.9. The summed E-state index contributed by atoms with van der Waals surface area (Å²) in [6, 6.07) is -0.0929. The zero-order valence-electron chi connectivity index (χ0n) is 11.1. The molecule has 1 aliphatic rings. The molecule has 2 unspecified atom stereocenters. The molecular weight excluding hydrogens is 228 g/mol. The van der Waals surface area contributed by atoms with E-state index in [-0.39, 0.29) is 18.0 Å². The maximum atomic E-state index is 11.9. The average Bonchev–Trinajstić information content (AvgIpc) is 2.35. The molecule has 1 rings (SSSR count). The van der Waals surface area contributed by atoms with Crippen LogP contribution in [-0.2, 0) is 4.79 Å². The first-order valence-corrected chi connectivity index (χ1v) is 6.85. The van der Waals surface area contributed by atoms with Gasteiger partial charge in [-0.3, -0.25) is 4.79 Å². The van der Waals surface area contributed by atoms with E-state index in [1.165, 1.54) is 0 Å². The predicted octanol–water partition coefficient (Wildman–Crippen LogP) is 0.215. The fraction of sp³-hybridized carbons (Fsp3) is 0.769. The Bertz CT molecular complexity index is 252. The number of rotatable bonds is 8. The standard InChI is InChI=1S/C13H26N4O/c1-10-11(6-2-4-8-14)17-13(18)12(16-10)7-3-5-9-15/h11-12,16H,1-9,14-15H2,(H,17,18). The zero-order valence-corrected chi connectivity index (χ0v) is 11.1. The monoisotopic (exact) mass is 254 g/mol. The van der Waals surface area contributed by atoms with Gasteiger partial charge in [0.15, 0.2) is 0 Å². The van der Waals surface area contributed by atoms with Crippen molar-refractivity contribution in [2.45, 2.75) is 50.6 Å². The van der Waals surface area contributed by atoms with E-state index in [9.17, 15) is 4.79 Å². The minimum absolute atomic E-state index is 0.0507. The summed E-state index contributed by atoms with van der Waals surface area (Å²) < 4.78 is 0. The summed E-state index contributed by atoms with van der Waals surface area (Å²) >= 11 is 0. The number of amides is 1. The van der Waals surface area contributed by atoms with E-state index in [0.29, 0.717) is 13.1 Å². The molecule has 0 saturated carbocycles. The molecule has 2 atom stereocenters. The molecule has 1 saturated heterocycles. The third-order valence-electron chi connectivity index (χ3n) is 3.31. The van der Waals surface area contributed by atoms with Crippen molar-refractivity contribution in [1.29, 1.82) is 0 Å². The fourth-order valence-corrected chi connectivity index (χ4v) is 2.18. The van der Waals surface area contributed by atoms with Gasteiger partial charge in [0.1, 0.15) is 6.04 Å². The molecule has 1 amide bonds. The van der Waals surface area contributed by atoms with Crippen molar-refractivity contribution in [3.05, 3.63) is 12.3 Å². The lowest BCUT2D eigenvalue weighted by Crippen LogP contribution is -2.56. The van der Waals surface area contributed by atoms with Crippen molar-refractivity contribution < 1.29 is 4.79 Å². The van der Waals surface area contributed by atoms with Gasteiger partial charge in [-0.2, -0.15) is 0 Å². The van der Waals surface area contributed by atoms with Crippen LogP contribution in [-0.4, -0.2) is 31.1 Å². The van der Waals surface area contributed by atoms with E-state index in [4.69, 9.17) is 11.5 Å². The molecule has 0 spiro atoms. The molecule has 0 bridgehead atoms. The molecule has 0 aromatic heterocycles. The van der Waals surface area contributed by atoms with E-state index in [1.807, 2.05) is 0 Å². The Kier molecular flexibility index (Phi) is 6.75. The van der Waals surface area contributed by atoms with Gasteiger partial charge in [0.25, 0.3) is 0 Å². The molecular formula is C13H26N4O. The Morgan fingerprint density at radius 3 is 2.06 bits per heavy atom. The first-order chi connectivity index (χ1) is 8.69. The van der Waals surface area contributed by atoms with E-state index < -0.39 is 0 Å². The number of unbranched alkanes of at least 4 members (excludes halogenated alkanes) is 2. The van der Waals surface area contributed by atoms with Crippen LogP contribution in [0.2, 0.25) is 0 Å². The number of piperazine rings is 1. The van der Waals surface area contributed by atoms with E-state index in [0.717, 1.165) is 44.2 Å². The second-order valence-electron chi connectivity index (χ2n) is 4.85. The minimum Gasteiger partial charge on any atom is -0.376 e. The van der Waals surface area contributed by atoms with Crippen LogP contribution in [0.1, 0.15) is 38.5 Å². The van der Waals surface area contributed by atoms with Crippen molar-refractivity contribution in [1.82, 2.24) is 10.6 Å². The topological polar surface area (TPSA) is 93.2 Å². The van der Waals surface area contributed by atoms with E-state index in [2.05, 4.69) is 17.2 Å². The van der Waals surface area contributed by atoms with E-state index in [1.54, 1.807) is 0 Å². The van der Waals surface area contributed by atoms with Gasteiger partial charge in [-0.1, -0.05) is 6.58 Å². The molecule has 18 heavy (non-hydrogen) atoms. The molecule has 0 aliphatic carbocycles. The van der Waals surface area contributed by atoms with Gasteiger partial charge in [-0.05, 0) is 51.6 Å². The molecule has 0 radical (unpaired) electrons. The Morgan fingerprint density at radius 2 is 1.50 bits per heavy atom. The first-order valence-electron chi connectivity index (χ1n) is 6.85. The fourth-order valence-electron chi connectivity index (χ4n) is 2.18. The van der Waals surface area contributed by atoms with Crippen LogP contribution < -0.4 is 22.1 Å². The quantitative estimate of drug-likeness (QED) is 0.466. The Balaban J connectivity index is 2.34. The molecule has 5 nitrogen and oxygen atoms in total. The lowest BCUT2D eigenvalue weighted by Gasteiger charge is -2.33. The molecule has 1 aliphatic heterocycles. The average molecular weight is 254 g/mol. The molecule has 1 fully saturated rings. The van der Waals surface area contributed by atoms with Gasteiger partial charge in [-0.25, -0.2) is 0 Å². The number of carbonyl (C=O) groups excluding carboxylic acids is 1. The number of hydrogen-bond donors (Lipinski definition) is 4. The second-order valence-corrected chi connectivity index (χ2v) is 4.85. The highest BCUT2D eigenvalue weighted by atomic mass is 16.2. The maximum Gasteiger partial charge on any atom is 0.243 e. The zero-order chi connectivity index (χ0) is 13.4. The summed E-state index contributed by atoms with van der Waals surface area (Å²) in [6.07, 6.45) is 5.64. The lowest BCUT2D eigenvalue weighted by molar-refractivity contribution is -0.124. The van der Waals surface area contributed by atoms with Crippen molar-refractivity contribution in [2.75, 3.05) is 13.1 Å². The third-order valence-corrected chi connectivity index (χ3v) is 3.31. The van der Waals surface area contributed by atoms with Crippen LogP contribution >= 0.6 is 0 Å². The van der Waals surface area contributed by atoms with Gasteiger partial charge in [0, 0.05) is 5.70 Å². The number of hydrogen-bond acceptors (Lipinski definition) is 4. The van der Waals surface area contributed by atoms with Gasteiger partial charge in [-0.15, -0.1) is 0 Å². The smallest absolute Gasteiger partial charge is 0.243 e. The highest BCUT2D eigenvalue weighted by Gasteiger charge is 2.28. The van der Waals surface area contributed by atoms with Gasteiger partial charge in [0.05, 0.1) is 6.04 Å². The SMILES string of the molecule is C=C1NC(CCCCN)C(=O)NC1CCCCN. The highest BCUT2D eigenvalue weighted by molar-refractivity contribution is 5.83. The van der Waals surface area contributed by atoms with Crippen LogP contribution in [0.5, 0.6) is 0 Å². The molecule has 1 heterocycles. The van der Waals surface area contributed by atoms with Crippen molar-refractivity contribution in [3.8, 4) is 0 Å². The molecule has 6 N–H and O–H groups in total. The lowest BCUT2D eigenvalue weighted by atomic mass is 9.99. The van der Waals surface area contributed by atoms with Crippen molar-refractivity contribution >= 4 is 5.91 Å². The molecule has 0 aromatic carbocycles. The Labute approximate surface area is 109 Å². The molecule has 104 valence electrons. The number of nitrogens with two attached hydrogens (primary N) is 2. The summed E-state index contributed by atoms with van der Waals surface area (Å²) in [5.74, 6) is 0.0807. The normalized spacial score (nSPS) is 23.7. The Hall–Kier alpha value is -1.07. The van der Waals surface area contributed by atoms with Crippen LogP contribution in [0.4, 0.5) is 0 Å².